The summed E-state index contributed by atoms with van der Waals surface area (Å²) in [6, 6.07) is 29.4. The second-order valence-electron chi connectivity index (χ2n) is 8.32. The van der Waals surface area contributed by atoms with Crippen LogP contribution >= 0.6 is 0 Å². The number of fused-ring (bicyclic) bond motifs is 5. The number of pyridine rings is 3. The zero-order valence-corrected chi connectivity index (χ0v) is 18.2. The molecule has 7 rings (SSSR count). The van der Waals surface area contributed by atoms with Gasteiger partial charge in [0.1, 0.15) is 11.2 Å². The largest absolute Gasteiger partial charge is 0.294 e. The first-order chi connectivity index (χ1) is 16.9. The number of benzene rings is 2. The van der Waals surface area contributed by atoms with Crippen molar-refractivity contribution in [1.29, 1.82) is 0 Å². The van der Waals surface area contributed by atoms with Crippen molar-refractivity contribution in [3.63, 3.8) is 0 Å². The molecule has 0 saturated carbocycles. The van der Waals surface area contributed by atoms with Crippen LogP contribution in [0.4, 0.5) is 0 Å². The van der Waals surface area contributed by atoms with E-state index < -0.39 is 0 Å². The molecule has 0 fully saturated rings. The first-order valence-electron chi connectivity index (χ1n) is 11.2. The molecule has 5 heteroatoms. The molecule has 0 amide bonds. The Morgan fingerprint density at radius 2 is 1.32 bits per heavy atom. The highest BCUT2D eigenvalue weighted by Gasteiger charge is 2.18. The van der Waals surface area contributed by atoms with Gasteiger partial charge in [0.05, 0.1) is 5.52 Å². The second kappa shape index (κ2) is 7.39. The topological polar surface area (TPSA) is 48.0 Å². The first-order valence-corrected chi connectivity index (χ1v) is 11.2. The Balaban J connectivity index is 1.61. The minimum absolute atomic E-state index is 0.933. The Kier molecular flexibility index (Phi) is 4.08. The first kappa shape index (κ1) is 18.8. The zero-order valence-electron chi connectivity index (χ0n) is 18.2. The van der Waals surface area contributed by atoms with Crippen molar-refractivity contribution in [2.45, 2.75) is 0 Å². The number of hydrogen-bond acceptors (Lipinski definition) is 3. The van der Waals surface area contributed by atoms with Gasteiger partial charge in [-0.25, -0.2) is 4.98 Å². The molecule has 0 aliphatic carbocycles. The van der Waals surface area contributed by atoms with E-state index in [2.05, 4.69) is 79.7 Å². The summed E-state index contributed by atoms with van der Waals surface area (Å²) in [5.74, 6) is 0. The van der Waals surface area contributed by atoms with E-state index in [1.807, 2.05) is 42.7 Å². The Hall–Kier alpha value is -4.77. The number of rotatable bonds is 3. The summed E-state index contributed by atoms with van der Waals surface area (Å²) >= 11 is 0. The number of nitrogens with zero attached hydrogens (tertiary/aromatic N) is 5. The molecule has 0 saturated heterocycles. The Morgan fingerprint density at radius 1 is 0.618 bits per heavy atom. The zero-order chi connectivity index (χ0) is 22.5. The van der Waals surface area contributed by atoms with Crippen LogP contribution in [0.25, 0.3) is 55.7 Å². The number of aromatic nitrogens is 5. The summed E-state index contributed by atoms with van der Waals surface area (Å²) in [4.78, 5) is 13.7. The highest BCUT2D eigenvalue weighted by molar-refractivity contribution is 6.07. The fourth-order valence-electron chi connectivity index (χ4n) is 4.76. The second-order valence-corrected chi connectivity index (χ2v) is 8.32. The van der Waals surface area contributed by atoms with E-state index in [-0.39, 0.29) is 0 Å². The summed E-state index contributed by atoms with van der Waals surface area (Å²) in [6.45, 7) is 0. The molecular weight excluding hydrogens is 418 g/mol. The van der Waals surface area contributed by atoms with Crippen LogP contribution in [0.1, 0.15) is 0 Å². The van der Waals surface area contributed by atoms with Gasteiger partial charge in [-0.2, -0.15) is 0 Å². The van der Waals surface area contributed by atoms with Gasteiger partial charge in [-0.3, -0.25) is 18.9 Å². The standard InChI is InChI=1S/C29H19N5/c1-2-10-26-25(9-1)28-29(33-14-4-3-11-27(33)32-28)34(26)24-16-22(20-7-5-12-30-18-20)15-23(17-24)21-8-6-13-31-19-21/h1-19H. The van der Waals surface area contributed by atoms with E-state index in [0.29, 0.717) is 0 Å². The van der Waals surface area contributed by atoms with E-state index in [0.717, 1.165) is 55.7 Å². The summed E-state index contributed by atoms with van der Waals surface area (Å²) < 4.78 is 4.47. The minimum atomic E-state index is 0.933. The van der Waals surface area contributed by atoms with Crippen molar-refractivity contribution >= 4 is 27.7 Å². The van der Waals surface area contributed by atoms with Crippen molar-refractivity contribution in [3.8, 4) is 27.9 Å². The maximum absolute atomic E-state index is 4.97. The van der Waals surface area contributed by atoms with Crippen LogP contribution in [0.3, 0.4) is 0 Å². The lowest BCUT2D eigenvalue weighted by molar-refractivity contribution is 1.09. The monoisotopic (exact) mass is 437 g/mol. The SMILES string of the molecule is c1cncc(-c2cc(-c3cccnc3)cc(-n3c4ccccc4c4nc5ccccn5c43)c2)c1. The summed E-state index contributed by atoms with van der Waals surface area (Å²) in [5.41, 5.74) is 9.52. The Bertz CT molecular complexity index is 1730. The van der Waals surface area contributed by atoms with Gasteiger partial charge < -0.3 is 0 Å². The van der Waals surface area contributed by atoms with Crippen LogP contribution in [-0.4, -0.2) is 23.9 Å². The van der Waals surface area contributed by atoms with Gasteiger partial charge in [0.2, 0.25) is 0 Å². The fourth-order valence-corrected chi connectivity index (χ4v) is 4.76. The predicted octanol–water partition coefficient (Wildman–Crippen LogP) is 6.56. The van der Waals surface area contributed by atoms with Crippen LogP contribution in [0.15, 0.2) is 116 Å². The van der Waals surface area contributed by atoms with E-state index in [9.17, 15) is 0 Å². The van der Waals surface area contributed by atoms with Gasteiger partial charge in [-0.1, -0.05) is 36.4 Å². The molecule has 5 aromatic heterocycles. The van der Waals surface area contributed by atoms with Crippen molar-refractivity contribution in [3.05, 3.63) is 116 Å². The highest BCUT2D eigenvalue weighted by atomic mass is 15.1. The third kappa shape index (κ3) is 2.84. The molecule has 160 valence electrons. The quantitative estimate of drug-likeness (QED) is 0.315. The third-order valence-corrected chi connectivity index (χ3v) is 6.28. The van der Waals surface area contributed by atoms with E-state index in [4.69, 9.17) is 4.98 Å². The maximum atomic E-state index is 4.97. The summed E-state index contributed by atoms with van der Waals surface area (Å²) in [6.07, 6.45) is 9.49. The number of hydrogen-bond donors (Lipinski definition) is 0. The third-order valence-electron chi connectivity index (χ3n) is 6.28. The van der Waals surface area contributed by atoms with Crippen LogP contribution in [0, 0.1) is 0 Å². The van der Waals surface area contributed by atoms with Gasteiger partial charge in [-0.05, 0) is 59.7 Å². The molecule has 0 atom stereocenters. The predicted molar refractivity (Wildman–Crippen MR) is 136 cm³/mol. The molecule has 5 nitrogen and oxygen atoms in total. The molecule has 0 N–H and O–H groups in total. The molecule has 7 aromatic rings. The molecule has 0 bridgehead atoms. The Morgan fingerprint density at radius 3 is 2.03 bits per heavy atom. The fraction of sp³-hybridized carbons (Fsp3) is 0. The van der Waals surface area contributed by atoms with Gasteiger partial charge >= 0.3 is 0 Å². The van der Waals surface area contributed by atoms with Crippen LogP contribution in [0.5, 0.6) is 0 Å². The van der Waals surface area contributed by atoms with E-state index in [1.165, 1.54) is 0 Å². The summed E-state index contributed by atoms with van der Waals surface area (Å²) in [5, 5.41) is 1.14. The molecule has 0 unspecified atom stereocenters. The average molecular weight is 438 g/mol. The maximum Gasteiger partial charge on any atom is 0.150 e. The smallest absolute Gasteiger partial charge is 0.150 e. The van der Waals surface area contributed by atoms with Crippen molar-refractivity contribution in [1.82, 2.24) is 23.9 Å². The lowest BCUT2D eigenvalue weighted by Crippen LogP contribution is -1.99. The lowest BCUT2D eigenvalue weighted by atomic mass is 9.99. The molecule has 0 spiro atoms. The van der Waals surface area contributed by atoms with E-state index >= 15 is 0 Å². The van der Waals surface area contributed by atoms with Crippen molar-refractivity contribution in [2.75, 3.05) is 0 Å². The molecule has 0 radical (unpaired) electrons. The van der Waals surface area contributed by atoms with Gasteiger partial charge in [0, 0.05) is 53.2 Å². The highest BCUT2D eigenvalue weighted by Crippen LogP contribution is 2.35. The van der Waals surface area contributed by atoms with Crippen molar-refractivity contribution in [2.24, 2.45) is 0 Å². The molecule has 0 aliphatic heterocycles. The van der Waals surface area contributed by atoms with Gasteiger partial charge in [0.15, 0.2) is 5.65 Å². The van der Waals surface area contributed by atoms with Crippen LogP contribution in [0.2, 0.25) is 0 Å². The number of imidazole rings is 1. The molecule has 2 aromatic carbocycles. The molecule has 0 aliphatic rings. The molecule has 5 heterocycles. The minimum Gasteiger partial charge on any atom is -0.294 e. The van der Waals surface area contributed by atoms with Gasteiger partial charge in [0.25, 0.3) is 0 Å². The van der Waals surface area contributed by atoms with Gasteiger partial charge in [-0.15, -0.1) is 0 Å². The lowest BCUT2D eigenvalue weighted by Gasteiger charge is -2.13. The van der Waals surface area contributed by atoms with Crippen LogP contribution < -0.4 is 0 Å². The average Bonchev–Trinajstić information content (AvgIpc) is 3.44. The van der Waals surface area contributed by atoms with Crippen LogP contribution in [-0.2, 0) is 0 Å². The van der Waals surface area contributed by atoms with Crippen molar-refractivity contribution < 1.29 is 0 Å². The summed E-state index contributed by atoms with van der Waals surface area (Å²) in [7, 11) is 0. The molecular formula is C29H19N5. The molecule has 34 heavy (non-hydrogen) atoms. The normalized spacial score (nSPS) is 11.5. The van der Waals surface area contributed by atoms with E-state index in [1.54, 1.807) is 12.4 Å². The Labute approximate surface area is 195 Å². The number of para-hydroxylation sites is 1.